The second-order valence-corrected chi connectivity index (χ2v) is 5.31. The van der Waals surface area contributed by atoms with E-state index in [0.29, 0.717) is 23.5 Å². The van der Waals surface area contributed by atoms with Gasteiger partial charge in [-0.05, 0) is 23.8 Å². The molecule has 1 atom stereocenters. The van der Waals surface area contributed by atoms with Gasteiger partial charge in [-0.25, -0.2) is 5.53 Å². The van der Waals surface area contributed by atoms with Crippen LogP contribution in [0.4, 0.5) is 0 Å². The highest BCUT2D eigenvalue weighted by molar-refractivity contribution is 6.32. The Kier molecular flexibility index (Phi) is 5.28. The molecule has 0 spiro atoms. The van der Waals surface area contributed by atoms with Crippen LogP contribution < -0.4 is 9.47 Å². The van der Waals surface area contributed by atoms with Crippen molar-refractivity contribution < 1.29 is 19.7 Å². The van der Waals surface area contributed by atoms with E-state index < -0.39 is 6.04 Å². The zero-order valence-corrected chi connectivity index (χ0v) is 13.5. The van der Waals surface area contributed by atoms with Crippen molar-refractivity contribution in [2.45, 2.75) is 12.5 Å². The van der Waals surface area contributed by atoms with Crippen molar-refractivity contribution >= 4 is 11.6 Å². The Morgan fingerprint density at radius 1 is 1.09 bits per heavy atom. The van der Waals surface area contributed by atoms with E-state index in [1.807, 2.05) is 6.07 Å². The first-order valence-electron chi connectivity index (χ1n) is 6.79. The van der Waals surface area contributed by atoms with Crippen molar-refractivity contribution in [1.82, 2.24) is 0 Å². The number of hydrogen-bond acceptors (Lipinski definition) is 6. The number of nitrogens with zero attached hydrogens (tertiary/aromatic N) is 1. The summed E-state index contributed by atoms with van der Waals surface area (Å²) in [4.78, 5) is 0. The predicted molar refractivity (Wildman–Crippen MR) is 85.9 cm³/mol. The van der Waals surface area contributed by atoms with Crippen molar-refractivity contribution in [1.29, 1.82) is 5.53 Å². The number of hydrogen-bond donors (Lipinski definition) is 3. The van der Waals surface area contributed by atoms with Crippen LogP contribution in [0.2, 0.25) is 5.02 Å². The first kappa shape index (κ1) is 16.9. The van der Waals surface area contributed by atoms with E-state index in [4.69, 9.17) is 26.6 Å². The summed E-state index contributed by atoms with van der Waals surface area (Å²) in [7, 11) is 3.09. The number of aromatic hydroxyl groups is 2. The minimum atomic E-state index is -0.633. The third-order valence-electron chi connectivity index (χ3n) is 3.49. The number of benzene rings is 2. The number of nitrogens with one attached hydrogen (secondary N) is 1. The van der Waals surface area contributed by atoms with Crippen LogP contribution in [0.3, 0.4) is 0 Å². The van der Waals surface area contributed by atoms with Crippen LogP contribution in [0.1, 0.15) is 17.2 Å². The third-order valence-corrected chi connectivity index (χ3v) is 3.79. The fraction of sp³-hybridized carbons (Fsp3) is 0.250. The average Bonchev–Trinajstić information content (AvgIpc) is 2.56. The molecule has 0 bridgehead atoms. The first-order chi connectivity index (χ1) is 11.0. The van der Waals surface area contributed by atoms with Crippen molar-refractivity contribution in [3.63, 3.8) is 0 Å². The molecule has 0 aliphatic heterocycles. The number of methoxy groups -OCH3 is 2. The quantitative estimate of drug-likeness (QED) is 0.692. The Bertz CT molecular complexity index is 721. The van der Waals surface area contributed by atoms with Gasteiger partial charge >= 0.3 is 0 Å². The Morgan fingerprint density at radius 2 is 1.78 bits per heavy atom. The Morgan fingerprint density at radius 3 is 2.39 bits per heavy atom. The Balaban J connectivity index is 2.33. The number of ether oxygens (including phenoxy) is 2. The van der Waals surface area contributed by atoms with E-state index in [9.17, 15) is 10.2 Å². The molecule has 2 aromatic carbocycles. The van der Waals surface area contributed by atoms with E-state index in [-0.39, 0.29) is 16.5 Å². The zero-order chi connectivity index (χ0) is 17.0. The molecule has 0 aliphatic carbocycles. The molecule has 2 rings (SSSR count). The van der Waals surface area contributed by atoms with Crippen LogP contribution in [0.25, 0.3) is 0 Å². The lowest BCUT2D eigenvalue weighted by molar-refractivity contribution is 0.354. The van der Waals surface area contributed by atoms with Crippen LogP contribution in [-0.2, 0) is 6.42 Å². The van der Waals surface area contributed by atoms with Gasteiger partial charge in [0.15, 0.2) is 11.5 Å². The largest absolute Gasteiger partial charge is 0.507 e. The van der Waals surface area contributed by atoms with Gasteiger partial charge in [0.1, 0.15) is 17.5 Å². The molecule has 3 N–H and O–H groups in total. The van der Waals surface area contributed by atoms with Crippen LogP contribution in [0.5, 0.6) is 23.0 Å². The minimum Gasteiger partial charge on any atom is -0.507 e. The maximum Gasteiger partial charge on any atom is 0.160 e. The highest BCUT2D eigenvalue weighted by atomic mass is 35.5. The molecule has 2 aromatic rings. The highest BCUT2D eigenvalue weighted by Crippen LogP contribution is 2.37. The molecule has 7 heteroatoms. The van der Waals surface area contributed by atoms with Crippen molar-refractivity contribution in [3.8, 4) is 23.0 Å². The van der Waals surface area contributed by atoms with Gasteiger partial charge < -0.3 is 19.7 Å². The number of rotatable bonds is 6. The fourth-order valence-electron chi connectivity index (χ4n) is 2.29. The van der Waals surface area contributed by atoms with Gasteiger partial charge in [0, 0.05) is 18.1 Å². The van der Waals surface area contributed by atoms with E-state index >= 15 is 0 Å². The van der Waals surface area contributed by atoms with Crippen molar-refractivity contribution in [2.75, 3.05) is 14.2 Å². The third kappa shape index (κ3) is 3.65. The standard InChI is InChI=1S/C16H17ClN2O4/c1-22-15-4-3-9(6-16(15)23-2)5-12(19-18)10-7-11(17)14(21)8-13(10)20/h3-4,6-8,12,18,20-21H,5H2,1-2H3. The summed E-state index contributed by atoms with van der Waals surface area (Å²) in [5.74, 6) is 0.795. The normalized spacial score (nSPS) is 11.8. The van der Waals surface area contributed by atoms with E-state index in [0.717, 1.165) is 11.6 Å². The summed E-state index contributed by atoms with van der Waals surface area (Å²) in [5.41, 5.74) is 8.62. The van der Waals surface area contributed by atoms with Crippen molar-refractivity contribution in [3.05, 3.63) is 46.5 Å². The second-order valence-electron chi connectivity index (χ2n) is 4.90. The van der Waals surface area contributed by atoms with Gasteiger partial charge in [-0.1, -0.05) is 17.7 Å². The average molecular weight is 337 g/mol. The molecule has 0 radical (unpaired) electrons. The molecule has 0 aliphatic rings. The van der Waals surface area contributed by atoms with E-state index in [1.165, 1.54) is 6.07 Å². The second kappa shape index (κ2) is 7.19. The first-order valence-corrected chi connectivity index (χ1v) is 7.16. The van der Waals surface area contributed by atoms with Crippen LogP contribution >= 0.6 is 11.6 Å². The summed E-state index contributed by atoms with van der Waals surface area (Å²) in [5, 5.41) is 23.1. The lowest BCUT2D eigenvalue weighted by atomic mass is 9.98. The number of phenols is 2. The molecule has 0 saturated carbocycles. The van der Waals surface area contributed by atoms with Crippen LogP contribution in [-0.4, -0.2) is 24.4 Å². The molecule has 0 fully saturated rings. The van der Waals surface area contributed by atoms with Gasteiger partial charge in [0.25, 0.3) is 0 Å². The minimum absolute atomic E-state index is 0.0961. The number of phenolic OH excluding ortho intramolecular Hbond substituents is 2. The smallest absolute Gasteiger partial charge is 0.160 e. The topological polar surface area (TPSA) is 95.1 Å². The molecule has 23 heavy (non-hydrogen) atoms. The molecule has 0 saturated heterocycles. The van der Waals surface area contributed by atoms with Crippen LogP contribution in [0.15, 0.2) is 35.4 Å². The van der Waals surface area contributed by atoms with Gasteiger partial charge in [-0.3, -0.25) is 0 Å². The van der Waals surface area contributed by atoms with E-state index in [2.05, 4.69) is 5.11 Å². The maximum absolute atomic E-state index is 9.97. The predicted octanol–water partition coefficient (Wildman–Crippen LogP) is 4.08. The lowest BCUT2D eigenvalue weighted by Crippen LogP contribution is -2.01. The highest BCUT2D eigenvalue weighted by Gasteiger charge is 2.18. The van der Waals surface area contributed by atoms with Crippen LogP contribution in [0, 0.1) is 5.53 Å². The van der Waals surface area contributed by atoms with Gasteiger partial charge in [-0.2, -0.15) is 5.11 Å². The van der Waals surface area contributed by atoms with Gasteiger partial charge in [0.2, 0.25) is 0 Å². The van der Waals surface area contributed by atoms with Gasteiger partial charge in [0.05, 0.1) is 19.2 Å². The molecule has 0 heterocycles. The molecule has 0 aromatic heterocycles. The number of halogens is 1. The summed E-state index contributed by atoms with van der Waals surface area (Å²) in [6, 6.07) is 7.30. The monoisotopic (exact) mass is 336 g/mol. The summed E-state index contributed by atoms with van der Waals surface area (Å²) < 4.78 is 10.4. The molecular weight excluding hydrogens is 320 g/mol. The lowest BCUT2D eigenvalue weighted by Gasteiger charge is -2.15. The fourth-order valence-corrected chi connectivity index (χ4v) is 2.46. The summed E-state index contributed by atoms with van der Waals surface area (Å²) in [6.07, 6.45) is 0.360. The zero-order valence-electron chi connectivity index (χ0n) is 12.7. The molecule has 1 unspecified atom stereocenters. The van der Waals surface area contributed by atoms with Crippen molar-refractivity contribution in [2.24, 2.45) is 5.11 Å². The van der Waals surface area contributed by atoms with Gasteiger partial charge in [-0.15, -0.1) is 0 Å². The molecule has 122 valence electrons. The Hall–Kier alpha value is -2.47. The summed E-state index contributed by atoms with van der Waals surface area (Å²) in [6.45, 7) is 0. The molecule has 6 nitrogen and oxygen atoms in total. The summed E-state index contributed by atoms with van der Waals surface area (Å²) >= 11 is 5.88. The molecular formula is C16H17ClN2O4. The molecule has 0 amide bonds. The Labute approximate surface area is 138 Å². The van der Waals surface area contributed by atoms with E-state index in [1.54, 1.807) is 26.4 Å². The maximum atomic E-state index is 9.97. The SMILES string of the molecule is COc1ccc(CC(N=N)c2cc(Cl)c(O)cc2O)cc1OC.